The Morgan fingerprint density at radius 1 is 1.54 bits per heavy atom. The number of nitrogens with one attached hydrogen (secondary N) is 1. The lowest BCUT2D eigenvalue weighted by molar-refractivity contribution is 0.546. The topological polar surface area (TPSA) is 24.4 Å². The molecule has 2 heteroatoms. The zero-order chi connectivity index (χ0) is 9.68. The van der Waals surface area contributed by atoms with Crippen LogP contribution in [0.2, 0.25) is 0 Å². The maximum Gasteiger partial charge on any atom is 0.0456 e. The van der Waals surface area contributed by atoms with Crippen molar-refractivity contribution < 1.29 is 0 Å². The van der Waals surface area contributed by atoms with Crippen molar-refractivity contribution in [1.29, 1.82) is 0 Å². The third-order valence-corrected chi connectivity index (χ3v) is 2.27. The molecule has 0 aromatic heterocycles. The summed E-state index contributed by atoms with van der Waals surface area (Å²) < 4.78 is 0. The van der Waals surface area contributed by atoms with Gasteiger partial charge >= 0.3 is 0 Å². The monoisotopic (exact) mass is 176 g/mol. The lowest BCUT2D eigenvalue weighted by Gasteiger charge is -2.25. The van der Waals surface area contributed by atoms with Crippen LogP contribution in [0.1, 0.15) is 12.8 Å². The average molecular weight is 176 g/mol. The van der Waals surface area contributed by atoms with Gasteiger partial charge in [0.15, 0.2) is 0 Å². The second-order valence-corrected chi connectivity index (χ2v) is 3.05. The molecule has 70 valence electrons. The molecule has 1 aliphatic heterocycles. The first kappa shape index (κ1) is 9.93. The molecule has 0 bridgehead atoms. The molecule has 2 nitrogen and oxygen atoms in total. The van der Waals surface area contributed by atoms with Gasteiger partial charge in [0.1, 0.15) is 0 Å². The fourth-order valence-corrected chi connectivity index (χ4v) is 1.63. The van der Waals surface area contributed by atoms with Crippen molar-refractivity contribution in [2.45, 2.75) is 18.9 Å². The van der Waals surface area contributed by atoms with Gasteiger partial charge in [0.05, 0.1) is 0 Å². The van der Waals surface area contributed by atoms with Crippen molar-refractivity contribution in [3.05, 3.63) is 36.6 Å². The van der Waals surface area contributed by atoms with E-state index in [0.717, 1.165) is 25.1 Å². The van der Waals surface area contributed by atoms with Crippen LogP contribution >= 0.6 is 0 Å². The van der Waals surface area contributed by atoms with E-state index in [2.05, 4.69) is 30.2 Å². The molecule has 0 saturated heterocycles. The molecule has 0 spiro atoms. The van der Waals surface area contributed by atoms with Crippen molar-refractivity contribution in [2.24, 2.45) is 4.99 Å². The van der Waals surface area contributed by atoms with E-state index < -0.39 is 0 Å². The highest BCUT2D eigenvalue weighted by Gasteiger charge is 2.18. The van der Waals surface area contributed by atoms with Crippen LogP contribution in [0.4, 0.5) is 0 Å². The molecule has 13 heavy (non-hydrogen) atoms. The Morgan fingerprint density at radius 3 is 2.85 bits per heavy atom. The fourth-order valence-electron chi connectivity index (χ4n) is 1.63. The Labute approximate surface area is 79.8 Å². The van der Waals surface area contributed by atoms with E-state index in [9.17, 15) is 0 Å². The maximum atomic E-state index is 4.02. The molecule has 0 aromatic carbocycles. The fraction of sp³-hybridized carbons (Fsp3) is 0.364. The SMILES string of the molecule is C=CCC1NCCC(N=C)=C1C=C. The third kappa shape index (κ3) is 2.16. The van der Waals surface area contributed by atoms with Gasteiger partial charge < -0.3 is 5.32 Å². The molecule has 1 atom stereocenters. The largest absolute Gasteiger partial charge is 0.309 e. The second-order valence-electron chi connectivity index (χ2n) is 3.05. The summed E-state index contributed by atoms with van der Waals surface area (Å²) in [5.41, 5.74) is 2.24. The second kappa shape index (κ2) is 4.77. The quantitative estimate of drug-likeness (QED) is 0.514. The molecule has 1 N–H and O–H groups in total. The molecule has 1 aliphatic rings. The van der Waals surface area contributed by atoms with Crippen LogP contribution in [0, 0.1) is 0 Å². The normalized spacial score (nSPS) is 22.6. The molecule has 0 amide bonds. The Morgan fingerprint density at radius 2 is 2.31 bits per heavy atom. The van der Waals surface area contributed by atoms with Gasteiger partial charge in [-0.3, -0.25) is 4.99 Å². The minimum absolute atomic E-state index is 0.323. The van der Waals surface area contributed by atoms with Gasteiger partial charge in [0.25, 0.3) is 0 Å². The smallest absolute Gasteiger partial charge is 0.0456 e. The van der Waals surface area contributed by atoms with Crippen molar-refractivity contribution in [3.63, 3.8) is 0 Å². The van der Waals surface area contributed by atoms with Gasteiger partial charge in [-0.2, -0.15) is 0 Å². The first-order valence-electron chi connectivity index (χ1n) is 4.50. The van der Waals surface area contributed by atoms with E-state index in [1.54, 1.807) is 0 Å². The summed E-state index contributed by atoms with van der Waals surface area (Å²) in [4.78, 5) is 4.02. The van der Waals surface area contributed by atoms with Crippen LogP contribution in [0.15, 0.2) is 41.6 Å². The molecule has 1 rings (SSSR count). The zero-order valence-electron chi connectivity index (χ0n) is 7.92. The summed E-state index contributed by atoms with van der Waals surface area (Å²) >= 11 is 0. The van der Waals surface area contributed by atoms with Crippen LogP contribution in [0.5, 0.6) is 0 Å². The maximum absolute atomic E-state index is 4.02. The Balaban J connectivity index is 2.90. The van der Waals surface area contributed by atoms with Crippen LogP contribution in [-0.4, -0.2) is 19.3 Å². The van der Waals surface area contributed by atoms with E-state index in [1.807, 2.05) is 12.2 Å². The number of rotatable bonds is 4. The van der Waals surface area contributed by atoms with Crippen LogP contribution in [-0.2, 0) is 0 Å². The van der Waals surface area contributed by atoms with Gasteiger partial charge in [-0.1, -0.05) is 18.7 Å². The van der Waals surface area contributed by atoms with Crippen LogP contribution in [0.25, 0.3) is 0 Å². The van der Waals surface area contributed by atoms with Gasteiger partial charge in [-0.05, 0) is 18.7 Å². The summed E-state index contributed by atoms with van der Waals surface area (Å²) in [5.74, 6) is 0. The average Bonchev–Trinajstić information content (AvgIpc) is 2.18. The molecule has 1 heterocycles. The molecule has 0 radical (unpaired) electrons. The van der Waals surface area contributed by atoms with Gasteiger partial charge in [-0.15, -0.1) is 6.58 Å². The molecule has 0 aliphatic carbocycles. The van der Waals surface area contributed by atoms with Crippen molar-refractivity contribution >= 4 is 6.72 Å². The van der Waals surface area contributed by atoms with Crippen LogP contribution < -0.4 is 5.32 Å². The van der Waals surface area contributed by atoms with Crippen molar-refractivity contribution in [2.75, 3.05) is 6.54 Å². The minimum Gasteiger partial charge on any atom is -0.309 e. The van der Waals surface area contributed by atoms with Crippen molar-refractivity contribution in [1.82, 2.24) is 5.32 Å². The highest BCUT2D eigenvalue weighted by atomic mass is 14.9. The van der Waals surface area contributed by atoms with Gasteiger partial charge in [0, 0.05) is 24.7 Å². The first-order valence-corrected chi connectivity index (χ1v) is 4.50. The molecular formula is C11H16N2. The molecule has 1 unspecified atom stereocenters. The lowest BCUT2D eigenvalue weighted by atomic mass is 9.97. The summed E-state index contributed by atoms with van der Waals surface area (Å²) in [6.07, 6.45) is 5.64. The number of aliphatic imine (C=N–C) groups is 1. The lowest BCUT2D eigenvalue weighted by Crippen LogP contribution is -2.35. The summed E-state index contributed by atoms with van der Waals surface area (Å²) in [7, 11) is 0. The molecular weight excluding hydrogens is 160 g/mol. The molecule has 0 aromatic rings. The number of nitrogens with zero attached hydrogens (tertiary/aromatic N) is 1. The van der Waals surface area contributed by atoms with E-state index in [0.29, 0.717) is 6.04 Å². The number of hydrogen-bond acceptors (Lipinski definition) is 2. The van der Waals surface area contributed by atoms with E-state index in [1.165, 1.54) is 5.57 Å². The predicted molar refractivity (Wildman–Crippen MR) is 58.0 cm³/mol. The number of hydrogen-bond donors (Lipinski definition) is 1. The standard InChI is InChI=1S/C11H16N2/c1-4-6-11-9(5-2)10(12-3)7-8-13-11/h4-5,11,13H,1-3,6-8H2. The van der Waals surface area contributed by atoms with E-state index in [4.69, 9.17) is 0 Å². The third-order valence-electron chi connectivity index (χ3n) is 2.27. The summed E-state index contributed by atoms with van der Waals surface area (Å²) in [5, 5.41) is 3.40. The molecule has 0 fully saturated rings. The zero-order valence-corrected chi connectivity index (χ0v) is 7.92. The van der Waals surface area contributed by atoms with Crippen molar-refractivity contribution in [3.8, 4) is 0 Å². The van der Waals surface area contributed by atoms with E-state index in [-0.39, 0.29) is 0 Å². The Hall–Kier alpha value is -1.15. The van der Waals surface area contributed by atoms with Gasteiger partial charge in [-0.25, -0.2) is 0 Å². The van der Waals surface area contributed by atoms with Crippen LogP contribution in [0.3, 0.4) is 0 Å². The highest BCUT2D eigenvalue weighted by molar-refractivity contribution is 5.38. The van der Waals surface area contributed by atoms with E-state index >= 15 is 0 Å². The first-order chi connectivity index (χ1) is 6.33. The van der Waals surface area contributed by atoms with Gasteiger partial charge in [0.2, 0.25) is 0 Å². The minimum atomic E-state index is 0.323. The summed E-state index contributed by atoms with van der Waals surface area (Å²) in [6, 6.07) is 0.323. The predicted octanol–water partition coefficient (Wildman–Crippen LogP) is 2.07. The Bertz CT molecular complexity index is 251. The highest BCUT2D eigenvalue weighted by Crippen LogP contribution is 2.21. The summed E-state index contributed by atoms with van der Waals surface area (Å²) in [6.45, 7) is 12.1. The molecule has 0 saturated carbocycles. The Kier molecular flexibility index (Phi) is 3.65.